The van der Waals surface area contributed by atoms with Crippen molar-refractivity contribution in [2.75, 3.05) is 34.8 Å². The molecule has 0 atom stereocenters. The number of carbonyl (C=O) groups excluding carboxylic acids is 1. The van der Waals surface area contributed by atoms with Crippen LogP contribution < -0.4 is 15.1 Å². The van der Waals surface area contributed by atoms with Gasteiger partial charge in [-0.1, -0.05) is 0 Å². The fourth-order valence-corrected chi connectivity index (χ4v) is 3.47. The van der Waals surface area contributed by atoms with E-state index in [0.717, 1.165) is 25.0 Å². The number of halogens is 1. The predicted octanol–water partition coefficient (Wildman–Crippen LogP) is 3.05. The highest BCUT2D eigenvalue weighted by atomic mass is 19.1. The fourth-order valence-electron chi connectivity index (χ4n) is 3.47. The van der Waals surface area contributed by atoms with Gasteiger partial charge in [0, 0.05) is 25.0 Å². The smallest absolute Gasteiger partial charge is 0.262 e. The summed E-state index contributed by atoms with van der Waals surface area (Å²) in [4.78, 5) is 20.8. The lowest BCUT2D eigenvalue weighted by Crippen LogP contribution is -2.25. The van der Waals surface area contributed by atoms with Crippen molar-refractivity contribution in [1.82, 2.24) is 4.98 Å². The van der Waals surface area contributed by atoms with E-state index in [-0.39, 0.29) is 29.3 Å². The number of nitrogens with zero attached hydrogens (tertiary/aromatic N) is 4. The summed E-state index contributed by atoms with van der Waals surface area (Å²) in [6.45, 7) is 2.10. The molecule has 0 aliphatic carbocycles. The van der Waals surface area contributed by atoms with Crippen LogP contribution in [0.15, 0.2) is 48.3 Å². The summed E-state index contributed by atoms with van der Waals surface area (Å²) in [5.41, 5.74) is 1.33. The van der Waals surface area contributed by atoms with Gasteiger partial charge in [0.1, 0.15) is 17.7 Å². The van der Waals surface area contributed by atoms with Gasteiger partial charge in [0.25, 0.3) is 5.91 Å². The van der Waals surface area contributed by atoms with Crippen LogP contribution in [-0.4, -0.2) is 36.2 Å². The van der Waals surface area contributed by atoms with E-state index in [2.05, 4.69) is 15.2 Å². The highest BCUT2D eigenvalue weighted by Gasteiger charge is 2.32. The number of nitrogens with one attached hydrogen (secondary N) is 2. The number of anilines is 3. The van der Waals surface area contributed by atoms with Gasteiger partial charge in [-0.3, -0.25) is 4.79 Å². The van der Waals surface area contributed by atoms with Crippen LogP contribution >= 0.6 is 0 Å². The molecule has 2 fully saturated rings. The van der Waals surface area contributed by atoms with Gasteiger partial charge in [-0.25, -0.2) is 9.37 Å². The van der Waals surface area contributed by atoms with Gasteiger partial charge < -0.3 is 20.5 Å². The Morgan fingerprint density at radius 2 is 2.03 bits per heavy atom. The van der Waals surface area contributed by atoms with Crippen LogP contribution in [-0.2, 0) is 4.79 Å². The lowest BCUT2D eigenvalue weighted by molar-refractivity contribution is -0.114. The first-order valence-corrected chi connectivity index (χ1v) is 9.34. The maximum Gasteiger partial charge on any atom is 0.262 e. The summed E-state index contributed by atoms with van der Waals surface area (Å²) in [5.74, 6) is -0.0823. The van der Waals surface area contributed by atoms with Crippen LogP contribution in [0.1, 0.15) is 18.4 Å². The Balaban J connectivity index is 1.48. The Kier molecular flexibility index (Phi) is 4.96. The minimum absolute atomic E-state index is 0.0645. The molecule has 29 heavy (non-hydrogen) atoms. The van der Waals surface area contributed by atoms with Gasteiger partial charge in [-0.2, -0.15) is 5.26 Å². The lowest BCUT2D eigenvalue weighted by Gasteiger charge is -2.16. The zero-order chi connectivity index (χ0) is 20.4. The standard InChI is InChI=1S/C21H19FN6O/c22-18-5-4-16(9-14(18)10-23)28-13-19(24)17(21(28)29)12-25-15-3-6-20(26-11-15)27-7-1-2-8-27/h3-6,9,11-12,24-25H,1-2,7-8,13H2/b17-12+,24-19?. The second-order valence-corrected chi connectivity index (χ2v) is 6.95. The summed E-state index contributed by atoms with van der Waals surface area (Å²) in [7, 11) is 0. The third-order valence-electron chi connectivity index (χ3n) is 5.06. The van der Waals surface area contributed by atoms with Gasteiger partial charge >= 0.3 is 0 Å². The third-order valence-corrected chi connectivity index (χ3v) is 5.06. The molecule has 2 saturated heterocycles. The monoisotopic (exact) mass is 390 g/mol. The van der Waals surface area contributed by atoms with Crippen molar-refractivity contribution in [2.24, 2.45) is 0 Å². The van der Waals surface area contributed by atoms with E-state index in [1.165, 1.54) is 36.1 Å². The summed E-state index contributed by atoms with van der Waals surface area (Å²) in [6, 6.07) is 9.48. The summed E-state index contributed by atoms with van der Waals surface area (Å²) in [5, 5.41) is 20.2. The van der Waals surface area contributed by atoms with Crippen molar-refractivity contribution in [3.63, 3.8) is 0 Å². The van der Waals surface area contributed by atoms with Gasteiger partial charge in [-0.05, 0) is 43.2 Å². The van der Waals surface area contributed by atoms with Crippen molar-refractivity contribution in [3.05, 3.63) is 59.7 Å². The second kappa shape index (κ2) is 7.72. The molecule has 1 aromatic carbocycles. The first kappa shape index (κ1) is 18.6. The van der Waals surface area contributed by atoms with E-state index >= 15 is 0 Å². The molecule has 0 unspecified atom stereocenters. The lowest BCUT2D eigenvalue weighted by atomic mass is 10.2. The minimum atomic E-state index is -0.639. The molecule has 2 aliphatic heterocycles. The van der Waals surface area contributed by atoms with Crippen molar-refractivity contribution in [1.29, 1.82) is 10.7 Å². The number of rotatable bonds is 4. The number of carbonyl (C=O) groups is 1. The first-order chi connectivity index (χ1) is 14.1. The van der Waals surface area contributed by atoms with Crippen molar-refractivity contribution >= 4 is 28.8 Å². The zero-order valence-corrected chi connectivity index (χ0v) is 15.7. The molecule has 0 radical (unpaired) electrons. The molecule has 3 heterocycles. The average Bonchev–Trinajstić information content (AvgIpc) is 3.36. The van der Waals surface area contributed by atoms with Crippen LogP contribution in [0.25, 0.3) is 0 Å². The maximum atomic E-state index is 13.5. The Morgan fingerprint density at radius 3 is 2.72 bits per heavy atom. The van der Waals surface area contributed by atoms with Crippen LogP contribution in [0.3, 0.4) is 0 Å². The summed E-state index contributed by atoms with van der Waals surface area (Å²) in [6.07, 6.45) is 5.55. The molecule has 2 aromatic rings. The highest BCUT2D eigenvalue weighted by molar-refractivity contribution is 6.32. The maximum absolute atomic E-state index is 13.5. The molecule has 8 heteroatoms. The number of amides is 1. The quantitative estimate of drug-likeness (QED) is 0.783. The second-order valence-electron chi connectivity index (χ2n) is 6.95. The number of pyridine rings is 1. The molecule has 146 valence electrons. The number of nitriles is 1. The molecule has 1 aromatic heterocycles. The average molecular weight is 390 g/mol. The zero-order valence-electron chi connectivity index (χ0n) is 15.7. The van der Waals surface area contributed by atoms with Crippen LogP contribution in [0.4, 0.5) is 21.6 Å². The predicted molar refractivity (Wildman–Crippen MR) is 109 cm³/mol. The molecule has 1 amide bonds. The van der Waals surface area contributed by atoms with Gasteiger partial charge in [0.05, 0.1) is 35.3 Å². The Bertz CT molecular complexity index is 1030. The summed E-state index contributed by atoms with van der Waals surface area (Å²) < 4.78 is 13.5. The molecule has 0 bridgehead atoms. The molecule has 0 saturated carbocycles. The van der Waals surface area contributed by atoms with E-state index in [1.807, 2.05) is 12.1 Å². The Hall–Kier alpha value is -3.73. The van der Waals surface area contributed by atoms with Gasteiger partial charge in [-0.15, -0.1) is 0 Å². The van der Waals surface area contributed by atoms with E-state index in [4.69, 9.17) is 10.7 Å². The molecular formula is C21H19FN6O. The topological polar surface area (TPSA) is 96.1 Å². The van der Waals surface area contributed by atoms with E-state index in [9.17, 15) is 9.18 Å². The Morgan fingerprint density at radius 1 is 1.24 bits per heavy atom. The Labute approximate surface area is 167 Å². The molecule has 2 aliphatic rings. The number of benzene rings is 1. The van der Waals surface area contributed by atoms with Crippen molar-refractivity contribution in [3.8, 4) is 6.07 Å². The van der Waals surface area contributed by atoms with Crippen molar-refractivity contribution < 1.29 is 9.18 Å². The third kappa shape index (κ3) is 3.67. The number of hydrogen-bond donors (Lipinski definition) is 2. The summed E-state index contributed by atoms with van der Waals surface area (Å²) >= 11 is 0. The molecule has 2 N–H and O–H groups in total. The fraction of sp³-hybridized carbons (Fsp3) is 0.238. The van der Waals surface area contributed by atoms with Crippen LogP contribution in [0, 0.1) is 22.6 Å². The molecule has 0 spiro atoms. The molecule has 7 nitrogen and oxygen atoms in total. The van der Waals surface area contributed by atoms with Gasteiger partial charge in [0.2, 0.25) is 0 Å². The molecule has 4 rings (SSSR count). The van der Waals surface area contributed by atoms with Crippen molar-refractivity contribution in [2.45, 2.75) is 12.8 Å². The normalized spacial score (nSPS) is 17.9. The van der Waals surface area contributed by atoms with E-state index in [0.29, 0.717) is 11.4 Å². The number of hydrogen-bond acceptors (Lipinski definition) is 6. The first-order valence-electron chi connectivity index (χ1n) is 9.34. The SMILES string of the molecule is N#Cc1cc(N2CC(=N)/C(=C\Nc3ccc(N4CCCC4)nc3)C2=O)ccc1F. The van der Waals surface area contributed by atoms with E-state index in [1.54, 1.807) is 12.3 Å². The largest absolute Gasteiger partial charge is 0.360 e. The molecular weight excluding hydrogens is 371 g/mol. The minimum Gasteiger partial charge on any atom is -0.360 e. The highest BCUT2D eigenvalue weighted by Crippen LogP contribution is 2.25. The van der Waals surface area contributed by atoms with Gasteiger partial charge in [0.15, 0.2) is 0 Å². The van der Waals surface area contributed by atoms with Crippen LogP contribution in [0.5, 0.6) is 0 Å². The van der Waals surface area contributed by atoms with E-state index < -0.39 is 5.82 Å². The number of aromatic nitrogens is 1. The van der Waals surface area contributed by atoms with Crippen LogP contribution in [0.2, 0.25) is 0 Å².